The molecule has 3 rings (SSSR count). The van der Waals surface area contributed by atoms with Crippen LogP contribution in [0.2, 0.25) is 0 Å². The molecule has 0 saturated heterocycles. The van der Waals surface area contributed by atoms with Gasteiger partial charge in [0.25, 0.3) is 10.0 Å². The first-order valence-corrected chi connectivity index (χ1v) is 7.86. The zero-order chi connectivity index (χ0) is 14.3. The number of aromatic carboxylic acids is 1. The van der Waals surface area contributed by atoms with E-state index in [0.29, 0.717) is 0 Å². The highest BCUT2D eigenvalue weighted by atomic mass is 32.2. The van der Waals surface area contributed by atoms with Gasteiger partial charge in [0.1, 0.15) is 10.6 Å². The summed E-state index contributed by atoms with van der Waals surface area (Å²) in [5.41, 5.74) is -0.0386. The molecule has 0 spiro atoms. The molecule has 1 fully saturated rings. The van der Waals surface area contributed by atoms with Crippen molar-refractivity contribution in [1.82, 2.24) is 19.4 Å². The van der Waals surface area contributed by atoms with Gasteiger partial charge in [-0.3, -0.25) is 4.72 Å². The number of anilines is 1. The summed E-state index contributed by atoms with van der Waals surface area (Å²) in [6.07, 6.45) is 3.03. The number of sulfonamides is 1. The molecule has 1 aliphatic carbocycles. The van der Waals surface area contributed by atoms with Crippen molar-refractivity contribution in [2.45, 2.75) is 23.8 Å². The van der Waals surface area contributed by atoms with E-state index in [-0.39, 0.29) is 21.8 Å². The molecule has 0 atom stereocenters. The van der Waals surface area contributed by atoms with E-state index in [2.05, 4.69) is 19.5 Å². The maximum absolute atomic E-state index is 12.1. The van der Waals surface area contributed by atoms with Crippen molar-refractivity contribution >= 4 is 32.7 Å². The molecule has 0 bridgehead atoms. The number of aromatic nitrogens is 4. The van der Waals surface area contributed by atoms with Gasteiger partial charge in [-0.05, 0) is 24.1 Å². The van der Waals surface area contributed by atoms with Crippen LogP contribution in [0.4, 0.5) is 5.13 Å². The molecule has 2 heterocycles. The van der Waals surface area contributed by atoms with Gasteiger partial charge in [0, 0.05) is 23.8 Å². The Labute approximate surface area is 117 Å². The first kappa shape index (κ1) is 13.0. The van der Waals surface area contributed by atoms with Crippen LogP contribution in [-0.2, 0) is 10.0 Å². The third kappa shape index (κ3) is 2.36. The van der Waals surface area contributed by atoms with Crippen LogP contribution in [0.15, 0.2) is 17.2 Å². The fourth-order valence-corrected chi connectivity index (χ4v) is 3.38. The highest BCUT2D eigenvalue weighted by molar-refractivity contribution is 7.93. The highest BCUT2D eigenvalue weighted by Crippen LogP contribution is 2.37. The van der Waals surface area contributed by atoms with Crippen molar-refractivity contribution in [3.05, 3.63) is 18.0 Å². The van der Waals surface area contributed by atoms with E-state index in [4.69, 9.17) is 5.11 Å². The van der Waals surface area contributed by atoms with Gasteiger partial charge in [0.2, 0.25) is 5.13 Å². The normalized spacial score (nSPS) is 15.2. The average molecular weight is 315 g/mol. The summed E-state index contributed by atoms with van der Waals surface area (Å²) in [5, 5.41) is 15.9. The molecule has 2 aromatic rings. The van der Waals surface area contributed by atoms with Gasteiger partial charge in [-0.1, -0.05) is 9.59 Å². The number of carboxylic acid groups (broad SMARTS) is 1. The van der Waals surface area contributed by atoms with E-state index >= 15 is 0 Å². The minimum absolute atomic E-state index is 0.0287. The second-order valence-corrected chi connectivity index (χ2v) is 6.69. The van der Waals surface area contributed by atoms with Crippen molar-refractivity contribution in [2.24, 2.45) is 0 Å². The topological polar surface area (TPSA) is 127 Å². The molecular weight excluding hydrogens is 306 g/mol. The van der Waals surface area contributed by atoms with Crippen molar-refractivity contribution in [2.75, 3.05) is 4.72 Å². The Hall–Kier alpha value is -2.01. The van der Waals surface area contributed by atoms with Crippen LogP contribution in [0.1, 0.15) is 29.4 Å². The number of rotatable bonds is 5. The lowest BCUT2D eigenvalue weighted by Gasteiger charge is -2.02. The van der Waals surface area contributed by atoms with Crippen LogP contribution in [0.3, 0.4) is 0 Å². The molecule has 0 aliphatic heterocycles. The first-order valence-electron chi connectivity index (χ1n) is 5.60. The Morgan fingerprint density at radius 2 is 2.25 bits per heavy atom. The summed E-state index contributed by atoms with van der Waals surface area (Å²) >= 11 is 0.795. The van der Waals surface area contributed by atoms with Crippen molar-refractivity contribution < 1.29 is 18.3 Å². The maximum Gasteiger partial charge on any atom is 0.352 e. The summed E-state index contributed by atoms with van der Waals surface area (Å²) in [5.74, 6) is -1.16. The zero-order valence-corrected chi connectivity index (χ0v) is 11.6. The number of carbonyl (C=O) groups is 1. The standard InChI is InChI=1S/C9H9N5O4S2/c15-8(16)7-3-6(4-14(7)5-1-2-5)20(17,18)11-9-10-12-13-19-9/h3-5H,1-2H2,(H,15,16)(H,10,11,13). The fourth-order valence-electron chi connectivity index (χ4n) is 1.77. The van der Waals surface area contributed by atoms with Crippen molar-refractivity contribution in [1.29, 1.82) is 0 Å². The number of hydrogen-bond donors (Lipinski definition) is 2. The van der Waals surface area contributed by atoms with Gasteiger partial charge in [-0.15, -0.1) is 0 Å². The van der Waals surface area contributed by atoms with Crippen molar-refractivity contribution in [3.63, 3.8) is 0 Å². The van der Waals surface area contributed by atoms with Crippen molar-refractivity contribution in [3.8, 4) is 0 Å². The van der Waals surface area contributed by atoms with Crippen LogP contribution < -0.4 is 4.72 Å². The van der Waals surface area contributed by atoms with E-state index < -0.39 is 16.0 Å². The minimum Gasteiger partial charge on any atom is -0.477 e. The second kappa shape index (κ2) is 4.52. The lowest BCUT2D eigenvalue weighted by atomic mass is 10.4. The molecule has 2 aromatic heterocycles. The Morgan fingerprint density at radius 3 is 2.80 bits per heavy atom. The van der Waals surface area contributed by atoms with Crippen LogP contribution in [0.25, 0.3) is 0 Å². The third-order valence-electron chi connectivity index (χ3n) is 2.81. The number of hydrogen-bond acceptors (Lipinski definition) is 7. The van der Waals surface area contributed by atoms with E-state index in [9.17, 15) is 13.2 Å². The van der Waals surface area contributed by atoms with Crippen LogP contribution in [-0.4, -0.2) is 38.9 Å². The lowest BCUT2D eigenvalue weighted by molar-refractivity contribution is 0.0685. The molecule has 106 valence electrons. The summed E-state index contributed by atoms with van der Waals surface area (Å²) in [4.78, 5) is 11.0. The predicted molar refractivity (Wildman–Crippen MR) is 68.2 cm³/mol. The summed E-state index contributed by atoms with van der Waals surface area (Å²) in [6, 6.07) is 1.20. The number of nitrogens with one attached hydrogen (secondary N) is 1. The molecule has 1 saturated carbocycles. The molecular formula is C9H9N5O4S2. The van der Waals surface area contributed by atoms with Gasteiger partial charge in [0.05, 0.1) is 0 Å². The SMILES string of the molecule is O=C(O)c1cc(S(=O)(=O)Nc2nnns2)cn1C1CC1. The Morgan fingerprint density at radius 1 is 1.50 bits per heavy atom. The molecule has 20 heavy (non-hydrogen) atoms. The van der Waals surface area contributed by atoms with Crippen LogP contribution in [0.5, 0.6) is 0 Å². The number of carboxylic acids is 1. The molecule has 0 amide bonds. The molecule has 11 heteroatoms. The third-order valence-corrected chi connectivity index (χ3v) is 4.76. The monoisotopic (exact) mass is 315 g/mol. The quantitative estimate of drug-likeness (QED) is 0.825. The van der Waals surface area contributed by atoms with Gasteiger partial charge < -0.3 is 9.67 Å². The summed E-state index contributed by atoms with van der Waals surface area (Å²) in [6.45, 7) is 0. The highest BCUT2D eigenvalue weighted by Gasteiger charge is 2.30. The van der Waals surface area contributed by atoms with Gasteiger partial charge in [-0.25, -0.2) is 13.2 Å². The molecule has 9 nitrogen and oxygen atoms in total. The van der Waals surface area contributed by atoms with Crippen LogP contribution in [0, 0.1) is 0 Å². The Balaban J connectivity index is 1.97. The first-order chi connectivity index (χ1) is 9.47. The van der Waals surface area contributed by atoms with Gasteiger partial charge in [0.15, 0.2) is 0 Å². The van der Waals surface area contributed by atoms with E-state index in [1.54, 1.807) is 0 Å². The van der Waals surface area contributed by atoms with E-state index in [0.717, 1.165) is 30.4 Å². The second-order valence-electron chi connectivity index (χ2n) is 4.28. The molecule has 1 aliphatic rings. The predicted octanol–water partition coefficient (Wildman–Crippen LogP) is 0.568. The molecule has 0 aromatic carbocycles. The minimum atomic E-state index is -3.89. The number of nitrogens with zero attached hydrogens (tertiary/aromatic N) is 4. The Kier molecular flexibility index (Phi) is 2.94. The van der Waals surface area contributed by atoms with Crippen LogP contribution >= 0.6 is 11.5 Å². The largest absolute Gasteiger partial charge is 0.477 e. The van der Waals surface area contributed by atoms with E-state index in [1.165, 1.54) is 10.8 Å². The molecule has 2 N–H and O–H groups in total. The zero-order valence-electron chi connectivity index (χ0n) is 9.92. The average Bonchev–Trinajstić information content (AvgIpc) is 2.90. The summed E-state index contributed by atoms with van der Waals surface area (Å²) in [7, 11) is -3.89. The maximum atomic E-state index is 12.1. The van der Waals surface area contributed by atoms with E-state index in [1.807, 2.05) is 0 Å². The Bertz CT molecular complexity index is 747. The van der Waals surface area contributed by atoms with Gasteiger partial charge >= 0.3 is 5.97 Å². The smallest absolute Gasteiger partial charge is 0.352 e. The molecule has 0 unspecified atom stereocenters. The molecule has 0 radical (unpaired) electrons. The fraction of sp³-hybridized carbons (Fsp3) is 0.333. The summed E-state index contributed by atoms with van der Waals surface area (Å²) < 4.78 is 31.4. The van der Waals surface area contributed by atoms with Gasteiger partial charge in [-0.2, -0.15) is 0 Å². The lowest BCUT2D eigenvalue weighted by Crippen LogP contribution is -2.12.